The van der Waals surface area contributed by atoms with E-state index in [1.807, 2.05) is 0 Å². The number of ether oxygens (including phenoxy) is 2. The van der Waals surface area contributed by atoms with Gasteiger partial charge in [0.05, 0.1) is 23.5 Å². The first-order valence-corrected chi connectivity index (χ1v) is 5.42. The molecule has 1 unspecified atom stereocenters. The van der Waals surface area contributed by atoms with Gasteiger partial charge in [0, 0.05) is 6.07 Å². The number of esters is 1. The minimum Gasteiger partial charge on any atom is -0.492 e. The maximum Gasteiger partial charge on any atom is 0.311 e. The molecule has 1 atom stereocenters. The minimum absolute atomic E-state index is 0.00165. The SMILES string of the molecule is COC(=O)C(C)COc1cccc([N+](=O)[O-])c1C. The Morgan fingerprint density at radius 2 is 2.17 bits per heavy atom. The minimum atomic E-state index is -0.466. The standard InChI is InChI=1S/C12H15NO5/c1-8(12(14)17-3)7-18-11-6-4-5-10(9(11)2)13(15)16/h4-6,8H,7H2,1-3H3. The zero-order chi connectivity index (χ0) is 13.7. The monoisotopic (exact) mass is 253 g/mol. The summed E-state index contributed by atoms with van der Waals surface area (Å²) < 4.78 is 9.97. The van der Waals surface area contributed by atoms with Crippen LogP contribution < -0.4 is 4.74 Å². The second-order valence-electron chi connectivity index (χ2n) is 3.89. The van der Waals surface area contributed by atoms with Crippen molar-refractivity contribution in [1.82, 2.24) is 0 Å². The van der Waals surface area contributed by atoms with Crippen LogP contribution >= 0.6 is 0 Å². The van der Waals surface area contributed by atoms with Crippen molar-refractivity contribution in [3.8, 4) is 5.75 Å². The Morgan fingerprint density at radius 3 is 2.72 bits per heavy atom. The van der Waals surface area contributed by atoms with Crippen molar-refractivity contribution >= 4 is 11.7 Å². The molecule has 0 saturated carbocycles. The van der Waals surface area contributed by atoms with Crippen LogP contribution in [0.15, 0.2) is 18.2 Å². The molecule has 1 rings (SSSR count). The Hall–Kier alpha value is -2.11. The number of hydrogen-bond acceptors (Lipinski definition) is 5. The molecule has 0 N–H and O–H groups in total. The fraction of sp³-hybridized carbons (Fsp3) is 0.417. The smallest absolute Gasteiger partial charge is 0.311 e. The number of nitro benzene ring substituents is 1. The summed E-state index contributed by atoms with van der Waals surface area (Å²) in [6, 6.07) is 4.58. The van der Waals surface area contributed by atoms with E-state index in [1.54, 1.807) is 26.0 Å². The molecule has 0 spiro atoms. The van der Waals surface area contributed by atoms with Crippen molar-refractivity contribution in [2.75, 3.05) is 13.7 Å². The Labute approximate surface area is 105 Å². The summed E-state index contributed by atoms with van der Waals surface area (Å²) in [5.74, 6) is -0.397. The van der Waals surface area contributed by atoms with E-state index in [2.05, 4.69) is 4.74 Å². The van der Waals surface area contributed by atoms with Crippen molar-refractivity contribution < 1.29 is 19.2 Å². The summed E-state index contributed by atoms with van der Waals surface area (Å²) in [6.45, 7) is 3.39. The third-order valence-corrected chi connectivity index (χ3v) is 2.54. The Bertz CT molecular complexity index is 458. The second-order valence-corrected chi connectivity index (χ2v) is 3.89. The molecule has 0 radical (unpaired) electrons. The number of benzene rings is 1. The van der Waals surface area contributed by atoms with Crippen LogP contribution in [0.3, 0.4) is 0 Å². The van der Waals surface area contributed by atoms with Crippen molar-refractivity contribution in [2.45, 2.75) is 13.8 Å². The number of hydrogen-bond donors (Lipinski definition) is 0. The fourth-order valence-corrected chi connectivity index (χ4v) is 1.44. The first-order chi connectivity index (χ1) is 8.47. The molecule has 1 aromatic rings. The highest BCUT2D eigenvalue weighted by atomic mass is 16.6. The quantitative estimate of drug-likeness (QED) is 0.456. The Balaban J connectivity index is 2.77. The summed E-state index contributed by atoms with van der Waals surface area (Å²) in [7, 11) is 1.30. The van der Waals surface area contributed by atoms with Gasteiger partial charge in [0.2, 0.25) is 0 Å². The fourth-order valence-electron chi connectivity index (χ4n) is 1.44. The molecule has 0 bridgehead atoms. The van der Waals surface area contributed by atoms with Crippen LogP contribution in [0.1, 0.15) is 12.5 Å². The van der Waals surface area contributed by atoms with Crippen molar-refractivity contribution in [2.24, 2.45) is 5.92 Å². The molecule has 0 aliphatic carbocycles. The van der Waals surface area contributed by atoms with Crippen molar-refractivity contribution in [1.29, 1.82) is 0 Å². The topological polar surface area (TPSA) is 78.7 Å². The van der Waals surface area contributed by atoms with Gasteiger partial charge >= 0.3 is 5.97 Å². The highest BCUT2D eigenvalue weighted by Gasteiger charge is 2.17. The average Bonchev–Trinajstić information content (AvgIpc) is 2.35. The van der Waals surface area contributed by atoms with Gasteiger partial charge in [-0.1, -0.05) is 6.07 Å². The summed E-state index contributed by atoms with van der Waals surface area (Å²) in [5, 5.41) is 10.7. The zero-order valence-corrected chi connectivity index (χ0v) is 10.5. The van der Waals surface area contributed by atoms with E-state index < -0.39 is 10.8 Å². The van der Waals surface area contributed by atoms with Crippen molar-refractivity contribution in [3.05, 3.63) is 33.9 Å². The lowest BCUT2D eigenvalue weighted by molar-refractivity contribution is -0.385. The summed E-state index contributed by atoms with van der Waals surface area (Å²) in [5.41, 5.74) is 0.442. The maximum absolute atomic E-state index is 11.2. The van der Waals surface area contributed by atoms with Crippen LogP contribution in [-0.4, -0.2) is 24.6 Å². The molecule has 0 saturated heterocycles. The van der Waals surface area contributed by atoms with Gasteiger partial charge in [0.25, 0.3) is 5.69 Å². The third kappa shape index (κ3) is 3.19. The highest BCUT2D eigenvalue weighted by Crippen LogP contribution is 2.27. The molecule has 6 heteroatoms. The highest BCUT2D eigenvalue weighted by molar-refractivity contribution is 5.71. The second kappa shape index (κ2) is 6.00. The summed E-state index contributed by atoms with van der Waals surface area (Å²) in [4.78, 5) is 21.5. The van der Waals surface area contributed by atoms with Crippen molar-refractivity contribution in [3.63, 3.8) is 0 Å². The summed E-state index contributed by atoms with van der Waals surface area (Å²) >= 11 is 0. The van der Waals surface area contributed by atoms with Gasteiger partial charge < -0.3 is 9.47 Å². The van der Waals surface area contributed by atoms with Gasteiger partial charge in [-0.15, -0.1) is 0 Å². The molecule has 0 aliphatic heterocycles. The Morgan fingerprint density at radius 1 is 1.50 bits per heavy atom. The van der Waals surface area contributed by atoms with E-state index in [1.165, 1.54) is 13.2 Å². The van der Waals surface area contributed by atoms with Gasteiger partial charge in [0.1, 0.15) is 12.4 Å². The van der Waals surface area contributed by atoms with Crippen LogP contribution in [-0.2, 0) is 9.53 Å². The van der Waals surface area contributed by atoms with Crippen LogP contribution in [0, 0.1) is 23.0 Å². The van der Waals surface area contributed by atoms with Crippen LogP contribution in [0.2, 0.25) is 0 Å². The van der Waals surface area contributed by atoms with Gasteiger partial charge in [-0.3, -0.25) is 14.9 Å². The molecule has 98 valence electrons. The van der Waals surface area contributed by atoms with Crippen LogP contribution in [0.25, 0.3) is 0 Å². The van der Waals surface area contributed by atoms with Gasteiger partial charge in [0.15, 0.2) is 0 Å². The van der Waals surface area contributed by atoms with E-state index in [9.17, 15) is 14.9 Å². The molecule has 18 heavy (non-hydrogen) atoms. The van der Waals surface area contributed by atoms with E-state index >= 15 is 0 Å². The van der Waals surface area contributed by atoms with Gasteiger partial charge in [-0.2, -0.15) is 0 Å². The normalized spacial score (nSPS) is 11.7. The lowest BCUT2D eigenvalue weighted by Crippen LogP contribution is -2.20. The summed E-state index contributed by atoms with van der Waals surface area (Å²) in [6.07, 6.45) is 0. The number of nitrogens with zero attached hydrogens (tertiary/aromatic N) is 1. The molecular weight excluding hydrogens is 238 g/mol. The molecule has 0 aromatic heterocycles. The number of nitro groups is 1. The van der Waals surface area contributed by atoms with E-state index in [0.29, 0.717) is 11.3 Å². The number of carbonyl (C=O) groups is 1. The first kappa shape index (κ1) is 14.0. The molecule has 6 nitrogen and oxygen atoms in total. The number of rotatable bonds is 5. The molecule has 0 heterocycles. The zero-order valence-electron chi connectivity index (χ0n) is 10.5. The van der Waals surface area contributed by atoms with Gasteiger partial charge in [-0.25, -0.2) is 0 Å². The molecule has 0 fully saturated rings. The first-order valence-electron chi connectivity index (χ1n) is 5.42. The van der Waals surface area contributed by atoms with Gasteiger partial charge in [-0.05, 0) is 19.9 Å². The van der Waals surface area contributed by atoms with E-state index in [0.717, 1.165) is 0 Å². The van der Waals surface area contributed by atoms with E-state index in [-0.39, 0.29) is 18.3 Å². The number of methoxy groups -OCH3 is 1. The maximum atomic E-state index is 11.2. The van der Waals surface area contributed by atoms with Crippen LogP contribution in [0.5, 0.6) is 5.75 Å². The number of carbonyl (C=O) groups excluding carboxylic acids is 1. The molecular formula is C12H15NO5. The average molecular weight is 253 g/mol. The predicted octanol–water partition coefficient (Wildman–Crippen LogP) is 2.09. The van der Waals surface area contributed by atoms with E-state index in [4.69, 9.17) is 4.74 Å². The lowest BCUT2D eigenvalue weighted by Gasteiger charge is -2.12. The van der Waals surface area contributed by atoms with Crippen LogP contribution in [0.4, 0.5) is 5.69 Å². The largest absolute Gasteiger partial charge is 0.492 e. The molecule has 0 amide bonds. The molecule has 0 aliphatic rings. The lowest BCUT2D eigenvalue weighted by atomic mass is 10.1. The predicted molar refractivity (Wildman–Crippen MR) is 64.5 cm³/mol. The third-order valence-electron chi connectivity index (χ3n) is 2.54. The Kier molecular flexibility index (Phi) is 4.65. The molecule has 1 aromatic carbocycles.